The van der Waals surface area contributed by atoms with Gasteiger partial charge in [0.05, 0.1) is 31.5 Å². The molecule has 0 spiro atoms. The second-order valence-electron chi connectivity index (χ2n) is 12.1. The van der Waals surface area contributed by atoms with E-state index in [-0.39, 0.29) is 73.2 Å². The van der Waals surface area contributed by atoms with Gasteiger partial charge in [-0.1, -0.05) is 60.7 Å². The molecule has 0 N–H and O–H groups in total. The lowest BCUT2D eigenvalue weighted by Gasteiger charge is -2.53. The highest BCUT2D eigenvalue weighted by Gasteiger charge is 2.43. The Morgan fingerprint density at radius 1 is 0.816 bits per heavy atom. The molecule has 0 bridgehead atoms. The Labute approximate surface area is 307 Å². The third-order valence-electron chi connectivity index (χ3n) is 8.78. The molecule has 13 heteroatoms. The first-order valence-electron chi connectivity index (χ1n) is 15.9. The maximum atomic E-state index is 13.6. The minimum atomic E-state index is -0.0985. The van der Waals surface area contributed by atoms with E-state index in [4.69, 9.17) is 14.2 Å². The Kier molecular flexibility index (Phi) is 14.9. The minimum Gasteiger partial charge on any atom is -0.481 e. The molecule has 2 aromatic heterocycles. The molecule has 10 nitrogen and oxygen atoms in total. The van der Waals surface area contributed by atoms with Crippen LogP contribution in [0.5, 0.6) is 17.8 Å². The lowest BCUT2D eigenvalue weighted by atomic mass is 9.81. The van der Waals surface area contributed by atoms with Crippen LogP contribution in [0.25, 0.3) is 0 Å². The Morgan fingerprint density at radius 2 is 1.47 bits per heavy atom. The van der Waals surface area contributed by atoms with E-state index in [2.05, 4.69) is 85.4 Å². The number of methoxy groups -OCH3 is 2. The average Bonchev–Trinajstić information content (AvgIpc) is 3.09. The molecular formula is C36H45Cl3N6O4. The number of aromatic nitrogens is 3. The SMILES string of the molecule is COc1nc(OC)c(CN2CC(C(c3ccccc3)c3ccccc3)N3CCN(C(=O)c4cccnc4)C[C@H]3C2)c(OC(C)C)n1.Cl.Cl.Cl. The van der Waals surface area contributed by atoms with Crippen molar-refractivity contribution in [3.8, 4) is 17.8 Å². The van der Waals surface area contributed by atoms with Gasteiger partial charge in [0.25, 0.3) is 5.91 Å². The van der Waals surface area contributed by atoms with Crippen molar-refractivity contribution in [1.29, 1.82) is 0 Å². The van der Waals surface area contributed by atoms with Crippen molar-refractivity contribution in [2.75, 3.05) is 46.9 Å². The van der Waals surface area contributed by atoms with Crippen LogP contribution in [0.15, 0.2) is 85.2 Å². The highest BCUT2D eigenvalue weighted by Crippen LogP contribution is 2.37. The van der Waals surface area contributed by atoms with Gasteiger partial charge in [-0.3, -0.25) is 19.6 Å². The Morgan fingerprint density at radius 3 is 2.04 bits per heavy atom. The van der Waals surface area contributed by atoms with Gasteiger partial charge < -0.3 is 19.1 Å². The van der Waals surface area contributed by atoms with Gasteiger partial charge in [0.1, 0.15) is 0 Å². The summed E-state index contributed by atoms with van der Waals surface area (Å²) < 4.78 is 17.3. The van der Waals surface area contributed by atoms with Crippen molar-refractivity contribution in [3.05, 3.63) is 107 Å². The number of carbonyl (C=O) groups excluding carboxylic acids is 1. The summed E-state index contributed by atoms with van der Waals surface area (Å²) >= 11 is 0. The molecule has 6 rings (SSSR count). The number of pyridine rings is 1. The molecule has 2 fully saturated rings. The van der Waals surface area contributed by atoms with Crippen molar-refractivity contribution in [2.24, 2.45) is 0 Å². The van der Waals surface area contributed by atoms with Crippen LogP contribution in [0.4, 0.5) is 0 Å². The first-order chi connectivity index (χ1) is 22.4. The summed E-state index contributed by atoms with van der Waals surface area (Å²) in [5, 5.41) is 0. The number of fused-ring (bicyclic) bond motifs is 1. The number of amides is 1. The lowest BCUT2D eigenvalue weighted by molar-refractivity contribution is -0.0293. The minimum absolute atomic E-state index is 0. The van der Waals surface area contributed by atoms with Gasteiger partial charge in [-0.2, -0.15) is 9.97 Å². The molecule has 0 radical (unpaired) electrons. The highest BCUT2D eigenvalue weighted by molar-refractivity contribution is 5.94. The van der Waals surface area contributed by atoms with E-state index in [1.807, 2.05) is 30.9 Å². The quantitative estimate of drug-likeness (QED) is 0.201. The van der Waals surface area contributed by atoms with Gasteiger partial charge in [0.15, 0.2) is 0 Å². The Hall–Kier alpha value is -3.67. The molecule has 0 saturated carbocycles. The summed E-state index contributed by atoms with van der Waals surface area (Å²) in [7, 11) is 3.14. The molecule has 2 aliphatic heterocycles. The van der Waals surface area contributed by atoms with Gasteiger partial charge >= 0.3 is 6.01 Å². The van der Waals surface area contributed by atoms with Gasteiger partial charge in [0.2, 0.25) is 11.8 Å². The summed E-state index contributed by atoms with van der Waals surface area (Å²) in [4.78, 5) is 33.9. The van der Waals surface area contributed by atoms with Crippen LogP contribution in [0.1, 0.15) is 46.8 Å². The van der Waals surface area contributed by atoms with Crippen molar-refractivity contribution in [2.45, 2.75) is 44.5 Å². The van der Waals surface area contributed by atoms with Crippen LogP contribution < -0.4 is 14.2 Å². The molecule has 49 heavy (non-hydrogen) atoms. The zero-order chi connectivity index (χ0) is 32.0. The zero-order valence-electron chi connectivity index (χ0n) is 28.2. The molecule has 0 aliphatic carbocycles. The summed E-state index contributed by atoms with van der Waals surface area (Å²) in [6.07, 6.45) is 3.25. The third-order valence-corrected chi connectivity index (χ3v) is 8.78. The van der Waals surface area contributed by atoms with E-state index in [0.717, 1.165) is 25.2 Å². The van der Waals surface area contributed by atoms with Crippen LogP contribution in [-0.4, -0.2) is 101 Å². The molecule has 1 unspecified atom stereocenters. The first-order valence-corrected chi connectivity index (χ1v) is 15.9. The number of hydrogen-bond acceptors (Lipinski definition) is 9. The van der Waals surface area contributed by atoms with Crippen LogP contribution >= 0.6 is 37.2 Å². The lowest BCUT2D eigenvalue weighted by Crippen LogP contribution is -2.67. The number of halogens is 3. The van der Waals surface area contributed by atoms with Crippen molar-refractivity contribution in [1.82, 2.24) is 29.7 Å². The Balaban J connectivity index is 0.00000217. The fourth-order valence-corrected chi connectivity index (χ4v) is 6.82. The number of benzene rings is 2. The molecule has 4 heterocycles. The number of ether oxygens (including phenoxy) is 3. The number of piperazine rings is 2. The van der Waals surface area contributed by atoms with Gasteiger partial charge in [-0.15, -0.1) is 37.2 Å². The fraction of sp³-hybridized carbons (Fsp3) is 0.389. The van der Waals surface area contributed by atoms with Crippen LogP contribution in [0.2, 0.25) is 0 Å². The van der Waals surface area contributed by atoms with Crippen LogP contribution in [-0.2, 0) is 6.54 Å². The summed E-state index contributed by atoms with van der Waals surface area (Å²) in [5.74, 6) is 1.02. The third kappa shape index (κ3) is 9.12. The van der Waals surface area contributed by atoms with Crippen LogP contribution in [0.3, 0.4) is 0 Å². The van der Waals surface area contributed by atoms with Crippen LogP contribution in [0, 0.1) is 0 Å². The van der Waals surface area contributed by atoms with E-state index in [0.29, 0.717) is 37.0 Å². The molecule has 2 aromatic carbocycles. The van der Waals surface area contributed by atoms with Crippen molar-refractivity contribution in [3.63, 3.8) is 0 Å². The molecule has 2 atom stereocenters. The van der Waals surface area contributed by atoms with E-state index < -0.39 is 0 Å². The molecular weight excluding hydrogens is 687 g/mol. The Bertz CT molecular complexity index is 1570. The highest BCUT2D eigenvalue weighted by atomic mass is 35.5. The summed E-state index contributed by atoms with van der Waals surface area (Å²) in [6.45, 7) is 8.05. The van der Waals surface area contributed by atoms with E-state index >= 15 is 0 Å². The van der Waals surface area contributed by atoms with E-state index in [1.54, 1.807) is 19.5 Å². The predicted molar refractivity (Wildman–Crippen MR) is 197 cm³/mol. The van der Waals surface area contributed by atoms with E-state index in [9.17, 15) is 4.79 Å². The number of rotatable bonds is 10. The standard InChI is InChI=1S/C36H42N6O4.3ClH/c1-25(2)46-34-30(33(44-3)38-36(39-34)45-4)23-40-21-29-22-41(35(43)28-16-11-17-37-20-28)18-19-42(29)31(24-40)32(26-12-7-5-8-13-26)27-14-9-6-10-15-27;;;/h5-17,20,25,29,31-32H,18-19,21-24H2,1-4H3;3*1H/t29-,31?;;;/m1.../s1. The van der Waals surface area contributed by atoms with Crippen molar-refractivity contribution < 1.29 is 19.0 Å². The first kappa shape index (κ1) is 39.8. The average molecular weight is 732 g/mol. The molecule has 1 amide bonds. The fourth-order valence-electron chi connectivity index (χ4n) is 6.82. The smallest absolute Gasteiger partial charge is 0.322 e. The molecule has 264 valence electrons. The topological polar surface area (TPSA) is 93.2 Å². The monoisotopic (exact) mass is 730 g/mol. The second kappa shape index (κ2) is 18.4. The summed E-state index contributed by atoms with van der Waals surface area (Å²) in [6, 6.07) is 25.6. The van der Waals surface area contributed by atoms with Gasteiger partial charge in [0, 0.05) is 69.7 Å². The van der Waals surface area contributed by atoms with Gasteiger partial charge in [-0.25, -0.2) is 0 Å². The maximum Gasteiger partial charge on any atom is 0.322 e. The molecule has 4 aromatic rings. The number of hydrogen-bond donors (Lipinski definition) is 0. The normalized spacial score (nSPS) is 17.6. The molecule has 2 aliphatic rings. The predicted octanol–water partition coefficient (Wildman–Crippen LogP) is 5.78. The number of nitrogens with zero attached hydrogens (tertiary/aromatic N) is 6. The summed E-state index contributed by atoms with van der Waals surface area (Å²) in [5.41, 5.74) is 3.92. The number of carbonyl (C=O) groups is 1. The molecule has 2 saturated heterocycles. The van der Waals surface area contributed by atoms with Gasteiger partial charge in [-0.05, 0) is 37.1 Å². The zero-order valence-corrected chi connectivity index (χ0v) is 30.6. The van der Waals surface area contributed by atoms with Crippen molar-refractivity contribution >= 4 is 43.1 Å². The van der Waals surface area contributed by atoms with E-state index in [1.165, 1.54) is 18.2 Å². The maximum absolute atomic E-state index is 13.6. The second-order valence-corrected chi connectivity index (χ2v) is 12.1. The largest absolute Gasteiger partial charge is 0.481 e.